The molecule has 1 amide bonds. The van der Waals surface area contributed by atoms with Crippen LogP contribution in [0.25, 0.3) is 12.2 Å². The predicted molar refractivity (Wildman–Crippen MR) is 198 cm³/mol. The third-order valence-electron chi connectivity index (χ3n) is 9.96. The number of methoxy groups -OCH3 is 1. The molecule has 2 aromatic carbocycles. The monoisotopic (exact) mass is 667 g/mol. The minimum Gasteiger partial charge on any atom is -0.379 e. The number of piperidine rings is 1. The number of aldehydes is 1. The van der Waals surface area contributed by atoms with Gasteiger partial charge in [0.1, 0.15) is 11.8 Å². The Hall–Kier alpha value is -4.21. The maximum absolute atomic E-state index is 14.2. The first-order valence-electron chi connectivity index (χ1n) is 17.6. The largest absolute Gasteiger partial charge is 0.379 e. The number of rotatable bonds is 11. The summed E-state index contributed by atoms with van der Waals surface area (Å²) in [6.07, 6.45) is 11.1. The molecular weight excluding hydrogens is 614 g/mol. The summed E-state index contributed by atoms with van der Waals surface area (Å²) < 4.78 is 8.77. The molecule has 1 saturated carbocycles. The molecule has 262 valence electrons. The normalized spacial score (nSPS) is 17.9. The van der Waals surface area contributed by atoms with Gasteiger partial charge in [0.25, 0.3) is 0 Å². The number of likely N-dealkylation sites (tertiary alicyclic amines) is 1. The van der Waals surface area contributed by atoms with Gasteiger partial charge in [0.15, 0.2) is 0 Å². The van der Waals surface area contributed by atoms with E-state index < -0.39 is 5.54 Å². The number of imidazole rings is 1. The van der Waals surface area contributed by atoms with Crippen LogP contribution >= 0.6 is 0 Å². The zero-order chi connectivity index (χ0) is 35.2. The van der Waals surface area contributed by atoms with E-state index in [1.807, 2.05) is 96.4 Å². The standard InChI is InChI=1S/C35H41N5O3.C5H12O/c1-3-11-32-31(4-2)40(30-16-17-30)34(43)38(32)21-10-20-36-22-18-35(19-23-36)33(42)37(24-27-12-8-9-13-28(27)25-41)26-39(35)29-14-6-5-7-15-29;1-5(2,3)6-4/h3-9,11-15,25,30H,2,10,16-24,26H2,1H3;1-4H3/b11-3-;. The number of ether oxygens (including phenoxy) is 1. The van der Waals surface area contributed by atoms with Gasteiger partial charge >= 0.3 is 5.69 Å². The van der Waals surface area contributed by atoms with E-state index >= 15 is 0 Å². The van der Waals surface area contributed by atoms with E-state index in [0.29, 0.717) is 31.4 Å². The summed E-state index contributed by atoms with van der Waals surface area (Å²) in [5, 5.41) is 0. The number of carbonyl (C=O) groups excluding carboxylic acids is 2. The van der Waals surface area contributed by atoms with Crippen molar-refractivity contribution in [2.75, 3.05) is 38.3 Å². The molecule has 9 heteroatoms. The molecule has 3 aromatic rings. The van der Waals surface area contributed by atoms with Crippen LogP contribution in [0.15, 0.2) is 72.0 Å². The molecule has 0 radical (unpaired) electrons. The lowest BCUT2D eigenvalue weighted by Crippen LogP contribution is -2.56. The molecule has 0 unspecified atom stereocenters. The summed E-state index contributed by atoms with van der Waals surface area (Å²) in [7, 11) is 1.71. The molecule has 1 aliphatic carbocycles. The van der Waals surface area contributed by atoms with E-state index in [4.69, 9.17) is 4.74 Å². The summed E-state index contributed by atoms with van der Waals surface area (Å²) >= 11 is 0. The molecule has 3 aliphatic rings. The van der Waals surface area contributed by atoms with Crippen LogP contribution in [-0.2, 0) is 22.6 Å². The van der Waals surface area contributed by atoms with Crippen LogP contribution in [0.5, 0.6) is 0 Å². The highest BCUT2D eigenvalue weighted by Crippen LogP contribution is 2.40. The van der Waals surface area contributed by atoms with E-state index in [2.05, 4.69) is 28.5 Å². The zero-order valence-corrected chi connectivity index (χ0v) is 29.9. The van der Waals surface area contributed by atoms with E-state index in [1.54, 1.807) is 13.2 Å². The second-order valence-electron chi connectivity index (χ2n) is 14.3. The summed E-state index contributed by atoms with van der Waals surface area (Å²) in [6, 6.07) is 18.0. The minimum absolute atomic E-state index is 0.0417. The van der Waals surface area contributed by atoms with Gasteiger partial charge in [0.05, 0.1) is 23.7 Å². The molecule has 3 fully saturated rings. The quantitative estimate of drug-likeness (QED) is 0.214. The van der Waals surface area contributed by atoms with Gasteiger partial charge in [-0.15, -0.1) is 0 Å². The van der Waals surface area contributed by atoms with Crippen LogP contribution in [0.3, 0.4) is 0 Å². The number of benzene rings is 2. The van der Waals surface area contributed by atoms with Gasteiger partial charge in [0.2, 0.25) is 5.91 Å². The van der Waals surface area contributed by atoms with Crippen molar-refractivity contribution >= 4 is 30.0 Å². The maximum Gasteiger partial charge on any atom is 0.329 e. The number of carbonyl (C=O) groups is 2. The number of hydrogen-bond acceptors (Lipinski definition) is 6. The molecule has 6 rings (SSSR count). The smallest absolute Gasteiger partial charge is 0.329 e. The lowest BCUT2D eigenvalue weighted by Gasteiger charge is -2.43. The molecule has 9 nitrogen and oxygen atoms in total. The first kappa shape index (κ1) is 36.1. The Morgan fingerprint density at radius 1 is 0.959 bits per heavy atom. The Kier molecular flexibility index (Phi) is 11.5. The Morgan fingerprint density at radius 3 is 2.20 bits per heavy atom. The van der Waals surface area contributed by atoms with Crippen molar-refractivity contribution in [1.29, 1.82) is 0 Å². The average molecular weight is 668 g/mol. The molecule has 1 aromatic heterocycles. The third kappa shape index (κ3) is 8.00. The van der Waals surface area contributed by atoms with Gasteiger partial charge in [-0.25, -0.2) is 4.79 Å². The average Bonchev–Trinajstić information content (AvgIpc) is 3.87. The molecule has 49 heavy (non-hydrogen) atoms. The Labute approximate surface area is 291 Å². The zero-order valence-electron chi connectivity index (χ0n) is 29.9. The minimum atomic E-state index is -0.607. The van der Waals surface area contributed by atoms with E-state index in [9.17, 15) is 14.4 Å². The van der Waals surface area contributed by atoms with Crippen molar-refractivity contribution in [1.82, 2.24) is 18.9 Å². The molecule has 2 saturated heterocycles. The van der Waals surface area contributed by atoms with Crippen molar-refractivity contribution in [2.24, 2.45) is 0 Å². The highest BCUT2D eigenvalue weighted by atomic mass is 16.5. The van der Waals surface area contributed by atoms with Crippen LogP contribution in [0.4, 0.5) is 5.69 Å². The summed E-state index contributed by atoms with van der Waals surface area (Å²) in [5.41, 5.74) is 3.91. The van der Waals surface area contributed by atoms with E-state index in [-0.39, 0.29) is 17.2 Å². The topological polar surface area (TPSA) is 80.0 Å². The van der Waals surface area contributed by atoms with Crippen LogP contribution in [0.2, 0.25) is 0 Å². The second kappa shape index (κ2) is 15.6. The third-order valence-corrected chi connectivity index (χ3v) is 9.96. The summed E-state index contributed by atoms with van der Waals surface area (Å²) in [5.74, 6) is 0.137. The number of hydrogen-bond donors (Lipinski definition) is 0. The highest BCUT2D eigenvalue weighted by molar-refractivity contribution is 5.93. The van der Waals surface area contributed by atoms with Crippen molar-refractivity contribution in [3.63, 3.8) is 0 Å². The SMILES string of the molecule is C=Cc1c(/C=C\C)n(CCCN2CCC3(CC2)C(=O)N(Cc2ccccc2C=O)CN3c2ccccc2)c(=O)n1C1CC1.COC(C)(C)C. The van der Waals surface area contributed by atoms with E-state index in [1.165, 1.54) is 0 Å². The molecule has 1 spiro atoms. The number of allylic oxidation sites excluding steroid dienone is 1. The van der Waals surface area contributed by atoms with Gasteiger partial charge in [0, 0.05) is 50.6 Å². The molecule has 0 bridgehead atoms. The highest BCUT2D eigenvalue weighted by Gasteiger charge is 2.53. The van der Waals surface area contributed by atoms with Crippen molar-refractivity contribution in [3.8, 4) is 0 Å². The summed E-state index contributed by atoms with van der Waals surface area (Å²) in [4.78, 5) is 45.8. The van der Waals surface area contributed by atoms with Crippen LogP contribution in [0, 0.1) is 0 Å². The van der Waals surface area contributed by atoms with Crippen LogP contribution in [-0.4, -0.2) is 75.7 Å². The van der Waals surface area contributed by atoms with E-state index in [0.717, 1.165) is 80.7 Å². The number of amides is 1. The van der Waals surface area contributed by atoms with Crippen LogP contribution < -0.4 is 10.6 Å². The van der Waals surface area contributed by atoms with Crippen molar-refractivity contribution in [2.45, 2.75) is 90.1 Å². The summed E-state index contributed by atoms with van der Waals surface area (Å²) in [6.45, 7) is 16.1. The lowest BCUT2D eigenvalue weighted by atomic mass is 9.85. The van der Waals surface area contributed by atoms with Crippen molar-refractivity contribution < 1.29 is 14.3 Å². The van der Waals surface area contributed by atoms with Gasteiger partial charge < -0.3 is 19.4 Å². The number of anilines is 1. The van der Waals surface area contributed by atoms with Crippen molar-refractivity contribution in [3.05, 3.63) is 100 Å². The molecule has 0 N–H and O–H groups in total. The number of nitrogens with zero attached hydrogens (tertiary/aromatic N) is 5. The number of aromatic nitrogens is 2. The molecule has 2 aliphatic heterocycles. The van der Waals surface area contributed by atoms with Gasteiger partial charge in [-0.1, -0.05) is 55.1 Å². The lowest BCUT2D eigenvalue weighted by molar-refractivity contribution is -0.134. The van der Waals surface area contributed by atoms with Gasteiger partial charge in [-0.05, 0) is 96.2 Å². The van der Waals surface area contributed by atoms with Gasteiger partial charge in [-0.2, -0.15) is 0 Å². The first-order valence-corrected chi connectivity index (χ1v) is 17.6. The first-order chi connectivity index (χ1) is 23.6. The predicted octanol–water partition coefficient (Wildman–Crippen LogP) is 6.64. The fraction of sp³-hybridized carbons (Fsp3) is 0.475. The van der Waals surface area contributed by atoms with Gasteiger partial charge in [-0.3, -0.25) is 18.7 Å². The molecule has 3 heterocycles. The van der Waals surface area contributed by atoms with Crippen LogP contribution in [0.1, 0.15) is 93.2 Å². The number of para-hydroxylation sites is 1. The Balaban J connectivity index is 0.000000717. The second-order valence-corrected chi connectivity index (χ2v) is 14.3. The molecular formula is C40H53N5O4. The fourth-order valence-corrected chi connectivity index (χ4v) is 6.96. The Morgan fingerprint density at radius 2 is 1.61 bits per heavy atom. The fourth-order valence-electron chi connectivity index (χ4n) is 6.96. The Bertz CT molecular complexity index is 1690. The molecule has 0 atom stereocenters. The maximum atomic E-state index is 14.2.